The molecule has 2 heteroatoms. The van der Waals surface area contributed by atoms with Gasteiger partial charge < -0.3 is 5.32 Å². The standard InChI is InChI=1S/C18H22BrN/c1-12-8-13(2)17(14(3)9-12)11-18(20-4)15-6-5-7-16(19)10-15/h5-10,18,20H,11H2,1-4H3. The third-order valence-electron chi connectivity index (χ3n) is 3.85. The van der Waals surface area contributed by atoms with Crippen molar-refractivity contribution in [2.75, 3.05) is 7.05 Å². The molecule has 0 saturated carbocycles. The predicted molar refractivity (Wildman–Crippen MR) is 90.3 cm³/mol. The van der Waals surface area contributed by atoms with Gasteiger partial charge in [0.25, 0.3) is 0 Å². The van der Waals surface area contributed by atoms with Gasteiger partial charge in [0, 0.05) is 10.5 Å². The first-order chi connectivity index (χ1) is 9.51. The first-order valence-corrected chi connectivity index (χ1v) is 7.80. The monoisotopic (exact) mass is 331 g/mol. The maximum absolute atomic E-state index is 3.56. The van der Waals surface area contributed by atoms with E-state index in [0.29, 0.717) is 6.04 Å². The molecule has 1 N–H and O–H groups in total. The van der Waals surface area contributed by atoms with Crippen LogP contribution in [0.3, 0.4) is 0 Å². The highest BCUT2D eigenvalue weighted by Gasteiger charge is 2.13. The Hall–Kier alpha value is -1.12. The van der Waals surface area contributed by atoms with Gasteiger partial charge in [-0.25, -0.2) is 0 Å². The molecular formula is C18H22BrN. The lowest BCUT2D eigenvalue weighted by molar-refractivity contribution is 0.589. The Kier molecular flexibility index (Phi) is 5.00. The molecule has 0 aromatic heterocycles. The number of likely N-dealkylation sites (N-methyl/N-ethyl adjacent to an activating group) is 1. The zero-order chi connectivity index (χ0) is 14.7. The Morgan fingerprint density at radius 3 is 2.25 bits per heavy atom. The molecule has 1 unspecified atom stereocenters. The molecule has 0 radical (unpaired) electrons. The summed E-state index contributed by atoms with van der Waals surface area (Å²) in [5.74, 6) is 0. The highest BCUT2D eigenvalue weighted by Crippen LogP contribution is 2.25. The Morgan fingerprint density at radius 1 is 1.05 bits per heavy atom. The first-order valence-electron chi connectivity index (χ1n) is 7.00. The van der Waals surface area contributed by atoms with E-state index in [1.807, 2.05) is 7.05 Å². The smallest absolute Gasteiger partial charge is 0.0358 e. The summed E-state index contributed by atoms with van der Waals surface area (Å²) in [7, 11) is 2.03. The summed E-state index contributed by atoms with van der Waals surface area (Å²) in [6.07, 6.45) is 1.02. The molecule has 1 nitrogen and oxygen atoms in total. The number of aryl methyl sites for hydroxylation is 3. The normalized spacial score (nSPS) is 12.4. The molecule has 2 aromatic rings. The number of hydrogen-bond acceptors (Lipinski definition) is 1. The number of benzene rings is 2. The Balaban J connectivity index is 2.32. The fourth-order valence-corrected chi connectivity index (χ4v) is 3.26. The third-order valence-corrected chi connectivity index (χ3v) is 4.34. The van der Waals surface area contributed by atoms with Gasteiger partial charge in [0.1, 0.15) is 0 Å². The fraction of sp³-hybridized carbons (Fsp3) is 0.333. The largest absolute Gasteiger partial charge is 0.313 e. The summed E-state index contributed by atoms with van der Waals surface area (Å²) < 4.78 is 1.13. The lowest BCUT2D eigenvalue weighted by atomic mass is 9.92. The van der Waals surface area contributed by atoms with Crippen molar-refractivity contribution in [3.8, 4) is 0 Å². The van der Waals surface area contributed by atoms with Crippen LogP contribution in [0.2, 0.25) is 0 Å². The van der Waals surface area contributed by atoms with E-state index >= 15 is 0 Å². The number of halogens is 1. The van der Waals surface area contributed by atoms with Crippen molar-refractivity contribution in [1.29, 1.82) is 0 Å². The van der Waals surface area contributed by atoms with Gasteiger partial charge in [0.2, 0.25) is 0 Å². The van der Waals surface area contributed by atoms with Gasteiger partial charge >= 0.3 is 0 Å². The summed E-state index contributed by atoms with van der Waals surface area (Å²) >= 11 is 3.56. The van der Waals surface area contributed by atoms with E-state index in [4.69, 9.17) is 0 Å². The minimum Gasteiger partial charge on any atom is -0.313 e. The molecule has 106 valence electrons. The van der Waals surface area contributed by atoms with Crippen LogP contribution in [-0.2, 0) is 6.42 Å². The van der Waals surface area contributed by atoms with Gasteiger partial charge in [-0.3, -0.25) is 0 Å². The average Bonchev–Trinajstić information content (AvgIpc) is 2.38. The van der Waals surface area contributed by atoms with E-state index in [1.54, 1.807) is 0 Å². The lowest BCUT2D eigenvalue weighted by Crippen LogP contribution is -2.19. The van der Waals surface area contributed by atoms with E-state index in [-0.39, 0.29) is 0 Å². The molecule has 0 heterocycles. The second-order valence-electron chi connectivity index (χ2n) is 5.48. The Morgan fingerprint density at radius 2 is 1.70 bits per heavy atom. The summed E-state index contributed by atoms with van der Waals surface area (Å²) in [6.45, 7) is 6.58. The van der Waals surface area contributed by atoms with Crippen LogP contribution in [0.1, 0.15) is 33.9 Å². The molecule has 0 spiro atoms. The molecule has 0 bridgehead atoms. The molecule has 0 aliphatic carbocycles. The van der Waals surface area contributed by atoms with Crippen molar-refractivity contribution in [2.45, 2.75) is 33.2 Å². The van der Waals surface area contributed by atoms with Gasteiger partial charge in [-0.2, -0.15) is 0 Å². The van der Waals surface area contributed by atoms with Crippen molar-refractivity contribution in [2.24, 2.45) is 0 Å². The van der Waals surface area contributed by atoms with Crippen molar-refractivity contribution >= 4 is 15.9 Å². The fourth-order valence-electron chi connectivity index (χ4n) is 2.85. The van der Waals surface area contributed by atoms with Crippen LogP contribution in [0.15, 0.2) is 40.9 Å². The van der Waals surface area contributed by atoms with Gasteiger partial charge in [0.05, 0.1) is 0 Å². The van der Waals surface area contributed by atoms with Crippen LogP contribution in [0.5, 0.6) is 0 Å². The summed E-state index contributed by atoms with van der Waals surface area (Å²) in [6, 6.07) is 13.4. The van der Waals surface area contributed by atoms with E-state index in [0.717, 1.165) is 10.9 Å². The van der Waals surface area contributed by atoms with Crippen LogP contribution in [-0.4, -0.2) is 7.05 Å². The summed E-state index contributed by atoms with van der Waals surface area (Å²) in [5.41, 5.74) is 6.89. The van der Waals surface area contributed by atoms with Crippen molar-refractivity contribution in [3.63, 3.8) is 0 Å². The second kappa shape index (κ2) is 6.55. The average molecular weight is 332 g/mol. The maximum Gasteiger partial charge on any atom is 0.0358 e. The summed E-state index contributed by atoms with van der Waals surface area (Å²) in [5, 5.41) is 3.44. The second-order valence-corrected chi connectivity index (χ2v) is 6.39. The zero-order valence-electron chi connectivity index (χ0n) is 12.6. The Labute approximate surface area is 130 Å². The third kappa shape index (κ3) is 3.50. The number of nitrogens with one attached hydrogen (secondary N) is 1. The number of hydrogen-bond donors (Lipinski definition) is 1. The summed E-state index contributed by atoms with van der Waals surface area (Å²) in [4.78, 5) is 0. The van der Waals surface area contributed by atoms with Crippen molar-refractivity contribution < 1.29 is 0 Å². The molecule has 0 saturated heterocycles. The highest BCUT2D eigenvalue weighted by molar-refractivity contribution is 9.10. The molecular weight excluding hydrogens is 310 g/mol. The first kappa shape index (κ1) is 15.3. The molecule has 2 aromatic carbocycles. The van der Waals surface area contributed by atoms with Gasteiger partial charge in [-0.15, -0.1) is 0 Å². The van der Waals surface area contributed by atoms with E-state index in [9.17, 15) is 0 Å². The van der Waals surface area contributed by atoms with E-state index in [1.165, 1.54) is 27.8 Å². The van der Waals surface area contributed by atoms with Crippen LogP contribution < -0.4 is 5.32 Å². The Bertz CT molecular complexity index is 581. The zero-order valence-corrected chi connectivity index (χ0v) is 14.2. The lowest BCUT2D eigenvalue weighted by Gasteiger charge is -2.20. The molecule has 20 heavy (non-hydrogen) atoms. The molecule has 1 atom stereocenters. The van der Waals surface area contributed by atoms with Crippen LogP contribution in [0.4, 0.5) is 0 Å². The van der Waals surface area contributed by atoms with Crippen molar-refractivity contribution in [1.82, 2.24) is 5.32 Å². The quantitative estimate of drug-likeness (QED) is 0.842. The van der Waals surface area contributed by atoms with Gasteiger partial charge in [-0.05, 0) is 68.6 Å². The van der Waals surface area contributed by atoms with Crippen LogP contribution in [0, 0.1) is 20.8 Å². The van der Waals surface area contributed by atoms with Crippen LogP contribution in [0.25, 0.3) is 0 Å². The minimum absolute atomic E-state index is 0.340. The maximum atomic E-state index is 3.56. The molecule has 0 aliphatic rings. The number of rotatable bonds is 4. The SMILES string of the molecule is CNC(Cc1c(C)cc(C)cc1C)c1cccc(Br)c1. The van der Waals surface area contributed by atoms with Gasteiger partial charge in [-0.1, -0.05) is 45.8 Å². The van der Waals surface area contributed by atoms with Crippen LogP contribution >= 0.6 is 15.9 Å². The van der Waals surface area contributed by atoms with Crippen molar-refractivity contribution in [3.05, 3.63) is 68.7 Å². The predicted octanol–water partition coefficient (Wildman–Crippen LogP) is 4.88. The molecule has 2 rings (SSSR count). The minimum atomic E-state index is 0.340. The molecule has 0 fully saturated rings. The van der Waals surface area contributed by atoms with E-state index in [2.05, 4.69) is 78.4 Å². The highest BCUT2D eigenvalue weighted by atomic mass is 79.9. The van der Waals surface area contributed by atoms with E-state index < -0.39 is 0 Å². The molecule has 0 aliphatic heterocycles. The van der Waals surface area contributed by atoms with Gasteiger partial charge in [0.15, 0.2) is 0 Å². The molecule has 0 amide bonds. The topological polar surface area (TPSA) is 12.0 Å².